The Bertz CT molecular complexity index is 755. The third kappa shape index (κ3) is 2.82. The average Bonchev–Trinajstić information content (AvgIpc) is 2.82. The molecule has 1 saturated heterocycles. The fourth-order valence-electron chi connectivity index (χ4n) is 2.97. The second kappa shape index (κ2) is 5.91. The molecule has 3 nitrogen and oxygen atoms in total. The van der Waals surface area contributed by atoms with Crippen LogP contribution in [0.15, 0.2) is 49.0 Å². The molecular formula is C19H18ClNO2. The molecule has 4 heteroatoms. The van der Waals surface area contributed by atoms with Gasteiger partial charge in [0.25, 0.3) is 0 Å². The van der Waals surface area contributed by atoms with Gasteiger partial charge in [-0.3, -0.25) is 0 Å². The Labute approximate surface area is 140 Å². The summed E-state index contributed by atoms with van der Waals surface area (Å²) in [5, 5.41) is 3.84. The Morgan fingerprint density at radius 3 is 2.61 bits per heavy atom. The molecule has 0 aromatic heterocycles. The SMILES string of the molecule is C=C1c2ccccc2CC1Oc1ccc(Cl)cc1OC1CNC1. The van der Waals surface area contributed by atoms with Crippen LogP contribution in [-0.4, -0.2) is 25.3 Å². The van der Waals surface area contributed by atoms with E-state index in [2.05, 4.69) is 30.1 Å². The monoisotopic (exact) mass is 327 g/mol. The fourth-order valence-corrected chi connectivity index (χ4v) is 3.13. The van der Waals surface area contributed by atoms with Crippen molar-refractivity contribution < 1.29 is 9.47 Å². The van der Waals surface area contributed by atoms with Crippen molar-refractivity contribution >= 4 is 17.2 Å². The second-order valence-corrected chi connectivity index (χ2v) is 6.42. The first-order valence-electron chi connectivity index (χ1n) is 7.81. The molecule has 1 unspecified atom stereocenters. The van der Waals surface area contributed by atoms with E-state index in [9.17, 15) is 0 Å². The first-order valence-corrected chi connectivity index (χ1v) is 8.19. The predicted octanol–water partition coefficient (Wildman–Crippen LogP) is 3.71. The molecule has 1 aliphatic heterocycles. The summed E-state index contributed by atoms with van der Waals surface area (Å²) < 4.78 is 12.2. The van der Waals surface area contributed by atoms with Crippen molar-refractivity contribution in [2.75, 3.05) is 13.1 Å². The van der Waals surface area contributed by atoms with Gasteiger partial charge in [-0.2, -0.15) is 0 Å². The standard InChI is InChI=1S/C19H18ClNO2/c1-12-16-5-3-2-4-13(16)8-18(12)23-17-7-6-14(20)9-19(17)22-15-10-21-11-15/h2-7,9,15,18,21H,1,8,10-11H2. The molecule has 1 atom stereocenters. The molecule has 1 heterocycles. The van der Waals surface area contributed by atoms with E-state index in [1.165, 1.54) is 11.1 Å². The highest BCUT2D eigenvalue weighted by atomic mass is 35.5. The first-order chi connectivity index (χ1) is 11.2. The molecule has 2 aromatic rings. The van der Waals surface area contributed by atoms with Crippen LogP contribution in [0.3, 0.4) is 0 Å². The quantitative estimate of drug-likeness (QED) is 0.928. The van der Waals surface area contributed by atoms with Crippen molar-refractivity contribution in [2.24, 2.45) is 0 Å². The summed E-state index contributed by atoms with van der Waals surface area (Å²) in [5.41, 5.74) is 3.49. The van der Waals surface area contributed by atoms with Gasteiger partial charge in [-0.25, -0.2) is 0 Å². The van der Waals surface area contributed by atoms with Crippen LogP contribution in [0.5, 0.6) is 11.5 Å². The Hall–Kier alpha value is -1.97. The lowest BCUT2D eigenvalue weighted by Gasteiger charge is -2.29. The Balaban J connectivity index is 1.56. The van der Waals surface area contributed by atoms with E-state index in [4.69, 9.17) is 21.1 Å². The Kier molecular flexibility index (Phi) is 3.76. The van der Waals surface area contributed by atoms with Crippen LogP contribution in [-0.2, 0) is 6.42 Å². The third-order valence-corrected chi connectivity index (χ3v) is 4.61. The molecule has 0 saturated carbocycles. The molecule has 0 amide bonds. The van der Waals surface area contributed by atoms with Crippen LogP contribution < -0.4 is 14.8 Å². The predicted molar refractivity (Wildman–Crippen MR) is 92.3 cm³/mol. The Morgan fingerprint density at radius 2 is 1.87 bits per heavy atom. The first kappa shape index (κ1) is 14.6. The Morgan fingerprint density at radius 1 is 1.04 bits per heavy atom. The van der Waals surface area contributed by atoms with Gasteiger partial charge < -0.3 is 14.8 Å². The van der Waals surface area contributed by atoms with Gasteiger partial charge in [-0.05, 0) is 28.8 Å². The van der Waals surface area contributed by atoms with Crippen LogP contribution in [0.25, 0.3) is 5.57 Å². The van der Waals surface area contributed by atoms with E-state index >= 15 is 0 Å². The highest BCUT2D eigenvalue weighted by molar-refractivity contribution is 6.30. The van der Waals surface area contributed by atoms with Crippen LogP contribution in [0, 0.1) is 0 Å². The molecule has 0 spiro atoms. The summed E-state index contributed by atoms with van der Waals surface area (Å²) in [6, 6.07) is 13.8. The van der Waals surface area contributed by atoms with Crippen molar-refractivity contribution in [1.29, 1.82) is 0 Å². The fraction of sp³-hybridized carbons (Fsp3) is 0.263. The van der Waals surface area contributed by atoms with Crippen molar-refractivity contribution in [3.63, 3.8) is 0 Å². The maximum atomic E-state index is 6.22. The number of hydrogen-bond donors (Lipinski definition) is 1. The molecule has 4 rings (SSSR count). The van der Waals surface area contributed by atoms with Crippen LogP contribution >= 0.6 is 11.6 Å². The van der Waals surface area contributed by atoms with Crippen molar-refractivity contribution in [3.05, 3.63) is 65.2 Å². The maximum Gasteiger partial charge on any atom is 0.163 e. The van der Waals surface area contributed by atoms with Gasteiger partial charge in [0, 0.05) is 30.6 Å². The van der Waals surface area contributed by atoms with Gasteiger partial charge in [0.1, 0.15) is 12.2 Å². The van der Waals surface area contributed by atoms with Gasteiger partial charge in [0.2, 0.25) is 0 Å². The number of hydrogen-bond acceptors (Lipinski definition) is 3. The minimum Gasteiger partial charge on any atom is -0.484 e. The molecule has 2 aromatic carbocycles. The largest absolute Gasteiger partial charge is 0.484 e. The molecule has 118 valence electrons. The van der Waals surface area contributed by atoms with Gasteiger partial charge in [0.15, 0.2) is 11.5 Å². The molecule has 0 bridgehead atoms. The topological polar surface area (TPSA) is 30.5 Å². The summed E-state index contributed by atoms with van der Waals surface area (Å²) in [7, 11) is 0. The van der Waals surface area contributed by atoms with E-state index in [0.29, 0.717) is 10.8 Å². The summed E-state index contributed by atoms with van der Waals surface area (Å²) in [6.07, 6.45) is 0.956. The zero-order chi connectivity index (χ0) is 15.8. The highest BCUT2D eigenvalue weighted by Crippen LogP contribution is 2.38. The van der Waals surface area contributed by atoms with Gasteiger partial charge >= 0.3 is 0 Å². The lowest BCUT2D eigenvalue weighted by atomic mass is 10.1. The zero-order valence-electron chi connectivity index (χ0n) is 12.7. The van der Waals surface area contributed by atoms with Crippen LogP contribution in [0.4, 0.5) is 0 Å². The molecule has 1 N–H and O–H groups in total. The molecule has 1 aliphatic carbocycles. The lowest BCUT2D eigenvalue weighted by Crippen LogP contribution is -2.50. The summed E-state index contributed by atoms with van der Waals surface area (Å²) in [5.74, 6) is 1.42. The number of nitrogens with one attached hydrogen (secondary N) is 1. The molecule has 2 aliphatic rings. The smallest absolute Gasteiger partial charge is 0.163 e. The van der Waals surface area contributed by atoms with Crippen molar-refractivity contribution in [2.45, 2.75) is 18.6 Å². The molecule has 1 fully saturated rings. The molecule has 0 radical (unpaired) electrons. The number of ether oxygens (including phenoxy) is 2. The summed E-state index contributed by atoms with van der Waals surface area (Å²) in [4.78, 5) is 0. The maximum absolute atomic E-state index is 6.22. The van der Waals surface area contributed by atoms with Crippen molar-refractivity contribution in [3.8, 4) is 11.5 Å². The molecule has 23 heavy (non-hydrogen) atoms. The lowest BCUT2D eigenvalue weighted by molar-refractivity contribution is 0.133. The van der Waals surface area contributed by atoms with E-state index in [-0.39, 0.29) is 12.2 Å². The van der Waals surface area contributed by atoms with Gasteiger partial charge in [-0.15, -0.1) is 0 Å². The number of benzene rings is 2. The minimum atomic E-state index is -0.0598. The summed E-state index contributed by atoms with van der Waals surface area (Å²) in [6.45, 7) is 5.92. The van der Waals surface area contributed by atoms with Gasteiger partial charge in [-0.1, -0.05) is 42.4 Å². The van der Waals surface area contributed by atoms with Crippen LogP contribution in [0.2, 0.25) is 5.02 Å². The summed E-state index contributed by atoms with van der Waals surface area (Å²) >= 11 is 6.11. The third-order valence-electron chi connectivity index (χ3n) is 4.37. The van der Waals surface area contributed by atoms with E-state index in [1.807, 2.05) is 24.3 Å². The van der Waals surface area contributed by atoms with E-state index in [0.717, 1.165) is 30.8 Å². The number of fused-ring (bicyclic) bond motifs is 1. The van der Waals surface area contributed by atoms with E-state index in [1.54, 1.807) is 0 Å². The van der Waals surface area contributed by atoms with Crippen molar-refractivity contribution in [1.82, 2.24) is 5.32 Å². The van der Waals surface area contributed by atoms with Gasteiger partial charge in [0.05, 0.1) is 0 Å². The number of halogens is 1. The molecular weight excluding hydrogens is 310 g/mol. The zero-order valence-corrected chi connectivity index (χ0v) is 13.5. The normalized spacial score (nSPS) is 20.0. The highest BCUT2D eigenvalue weighted by Gasteiger charge is 2.28. The van der Waals surface area contributed by atoms with E-state index < -0.39 is 0 Å². The second-order valence-electron chi connectivity index (χ2n) is 5.98. The number of rotatable bonds is 4. The van der Waals surface area contributed by atoms with Crippen LogP contribution in [0.1, 0.15) is 11.1 Å². The minimum absolute atomic E-state index is 0.0598. The average molecular weight is 328 g/mol.